The Hall–Kier alpha value is -0.170. The molecule has 1 saturated carbocycles. The van der Waals surface area contributed by atoms with Gasteiger partial charge in [-0.15, -0.1) is 0 Å². The first-order valence-corrected chi connectivity index (χ1v) is 9.02. The van der Waals surface area contributed by atoms with E-state index in [4.69, 9.17) is 0 Å². The van der Waals surface area contributed by atoms with Crippen molar-refractivity contribution >= 4 is 10.2 Å². The molecule has 1 heterocycles. The largest absolute Gasteiger partial charge is 0.318 e. The Balaban J connectivity index is 2.10. The maximum atomic E-state index is 12.7. The van der Waals surface area contributed by atoms with Gasteiger partial charge >= 0.3 is 0 Å². The second-order valence-electron chi connectivity index (χ2n) is 7.32. The van der Waals surface area contributed by atoms with Gasteiger partial charge in [0, 0.05) is 25.2 Å². The minimum Gasteiger partial charge on any atom is -0.318 e. The van der Waals surface area contributed by atoms with E-state index in [1.54, 1.807) is 4.31 Å². The molecule has 1 atom stereocenters. The molecule has 2 aliphatic rings. The zero-order valence-electron chi connectivity index (χ0n) is 13.4. The van der Waals surface area contributed by atoms with Crippen molar-refractivity contribution in [1.82, 2.24) is 14.3 Å². The SMILES string of the molecule is CNCC1CCCCN1S(=O)(=O)NC1C(C)(C)C1(C)C. The summed E-state index contributed by atoms with van der Waals surface area (Å²) in [5.74, 6) is 0. The fourth-order valence-corrected chi connectivity index (χ4v) is 5.40. The van der Waals surface area contributed by atoms with Crippen LogP contribution in [0.15, 0.2) is 0 Å². The number of hydrogen-bond acceptors (Lipinski definition) is 3. The van der Waals surface area contributed by atoms with Crippen molar-refractivity contribution in [1.29, 1.82) is 0 Å². The fraction of sp³-hybridized carbons (Fsp3) is 1.00. The molecular weight excluding hydrogens is 274 g/mol. The van der Waals surface area contributed by atoms with Gasteiger partial charge in [0.2, 0.25) is 0 Å². The van der Waals surface area contributed by atoms with E-state index >= 15 is 0 Å². The number of rotatable bonds is 5. The third-order valence-electron chi connectivity index (χ3n) is 5.61. The van der Waals surface area contributed by atoms with Crippen LogP contribution in [0, 0.1) is 10.8 Å². The van der Waals surface area contributed by atoms with Crippen LogP contribution in [-0.2, 0) is 10.2 Å². The predicted molar refractivity (Wildman–Crippen MR) is 81.7 cm³/mol. The van der Waals surface area contributed by atoms with E-state index in [1.165, 1.54) is 0 Å². The van der Waals surface area contributed by atoms with Gasteiger partial charge in [0.25, 0.3) is 10.2 Å². The Morgan fingerprint density at radius 1 is 1.15 bits per heavy atom. The van der Waals surface area contributed by atoms with Crippen LogP contribution in [-0.4, -0.2) is 44.9 Å². The summed E-state index contributed by atoms with van der Waals surface area (Å²) < 4.78 is 30.0. The molecule has 0 aromatic heterocycles. The zero-order valence-corrected chi connectivity index (χ0v) is 14.2. The lowest BCUT2D eigenvalue weighted by atomic mass is 10.0. The highest BCUT2D eigenvalue weighted by Gasteiger charge is 2.66. The monoisotopic (exact) mass is 303 g/mol. The second-order valence-corrected chi connectivity index (χ2v) is 8.97. The summed E-state index contributed by atoms with van der Waals surface area (Å²) in [6, 6.07) is 0.105. The second kappa shape index (κ2) is 5.23. The molecule has 20 heavy (non-hydrogen) atoms. The molecule has 5 nitrogen and oxygen atoms in total. The van der Waals surface area contributed by atoms with Crippen LogP contribution in [0.1, 0.15) is 47.0 Å². The van der Waals surface area contributed by atoms with Gasteiger partial charge in [0.05, 0.1) is 0 Å². The van der Waals surface area contributed by atoms with Crippen molar-refractivity contribution in [3.05, 3.63) is 0 Å². The lowest BCUT2D eigenvalue weighted by molar-refractivity contribution is 0.245. The Morgan fingerprint density at radius 2 is 1.75 bits per heavy atom. The molecule has 1 aliphatic heterocycles. The molecule has 2 fully saturated rings. The minimum atomic E-state index is -3.39. The number of piperidine rings is 1. The van der Waals surface area contributed by atoms with Gasteiger partial charge in [0.15, 0.2) is 0 Å². The maximum Gasteiger partial charge on any atom is 0.280 e. The van der Waals surface area contributed by atoms with Gasteiger partial charge in [-0.25, -0.2) is 0 Å². The van der Waals surface area contributed by atoms with Crippen molar-refractivity contribution in [2.24, 2.45) is 10.8 Å². The number of hydrogen-bond donors (Lipinski definition) is 2. The summed E-state index contributed by atoms with van der Waals surface area (Å²) in [5, 5.41) is 3.11. The molecule has 0 aromatic rings. The van der Waals surface area contributed by atoms with E-state index in [0.717, 1.165) is 25.8 Å². The number of likely N-dealkylation sites (N-methyl/N-ethyl adjacent to an activating group) is 1. The van der Waals surface area contributed by atoms with Gasteiger partial charge in [-0.3, -0.25) is 0 Å². The zero-order chi connectivity index (χ0) is 15.2. The van der Waals surface area contributed by atoms with Gasteiger partial charge < -0.3 is 5.32 Å². The van der Waals surface area contributed by atoms with E-state index in [9.17, 15) is 8.42 Å². The topological polar surface area (TPSA) is 61.4 Å². The number of nitrogens with zero attached hydrogens (tertiary/aromatic N) is 1. The quantitative estimate of drug-likeness (QED) is 0.805. The lowest BCUT2D eigenvalue weighted by Crippen LogP contribution is -2.53. The van der Waals surface area contributed by atoms with Crippen LogP contribution < -0.4 is 10.0 Å². The van der Waals surface area contributed by atoms with Crippen LogP contribution in [0.2, 0.25) is 0 Å². The molecule has 2 rings (SSSR count). The fourth-order valence-electron chi connectivity index (χ4n) is 3.44. The average Bonchev–Trinajstić information content (AvgIpc) is 2.72. The highest BCUT2D eigenvalue weighted by atomic mass is 32.2. The molecule has 1 aliphatic carbocycles. The van der Waals surface area contributed by atoms with Crippen molar-refractivity contribution in [3.8, 4) is 0 Å². The van der Waals surface area contributed by atoms with Crippen LogP contribution >= 0.6 is 0 Å². The molecular formula is C14H29N3O2S. The highest BCUT2D eigenvalue weighted by Crippen LogP contribution is 2.62. The van der Waals surface area contributed by atoms with E-state index in [0.29, 0.717) is 6.54 Å². The summed E-state index contributed by atoms with van der Waals surface area (Å²) in [5.41, 5.74) is 0.0444. The Kier molecular flexibility index (Phi) is 4.24. The summed E-state index contributed by atoms with van der Waals surface area (Å²) in [4.78, 5) is 0. The summed E-state index contributed by atoms with van der Waals surface area (Å²) in [6.07, 6.45) is 3.01. The molecule has 0 spiro atoms. The van der Waals surface area contributed by atoms with E-state index < -0.39 is 10.2 Å². The van der Waals surface area contributed by atoms with Crippen molar-refractivity contribution in [2.75, 3.05) is 20.1 Å². The predicted octanol–water partition coefficient (Wildman–Crippen LogP) is 1.33. The van der Waals surface area contributed by atoms with Crippen LogP contribution in [0.3, 0.4) is 0 Å². The Labute approximate surface area is 123 Å². The first-order chi connectivity index (χ1) is 9.14. The Morgan fingerprint density at radius 3 is 2.25 bits per heavy atom. The molecule has 0 radical (unpaired) electrons. The first kappa shape index (κ1) is 16.2. The van der Waals surface area contributed by atoms with E-state index in [-0.39, 0.29) is 22.9 Å². The summed E-state index contributed by atoms with van der Waals surface area (Å²) in [6.45, 7) is 9.86. The van der Waals surface area contributed by atoms with Gasteiger partial charge in [-0.05, 0) is 30.7 Å². The third-order valence-corrected chi connectivity index (χ3v) is 7.24. The van der Waals surface area contributed by atoms with E-state index in [2.05, 4.69) is 37.7 Å². The molecule has 0 amide bonds. The molecule has 1 unspecified atom stereocenters. The molecule has 0 aromatic carbocycles. The van der Waals surface area contributed by atoms with Crippen LogP contribution in [0.5, 0.6) is 0 Å². The summed E-state index contributed by atoms with van der Waals surface area (Å²) >= 11 is 0. The molecule has 6 heteroatoms. The normalized spacial score (nSPS) is 30.4. The van der Waals surface area contributed by atoms with Crippen LogP contribution in [0.25, 0.3) is 0 Å². The van der Waals surface area contributed by atoms with Crippen molar-refractivity contribution in [2.45, 2.75) is 59.0 Å². The van der Waals surface area contributed by atoms with Crippen molar-refractivity contribution < 1.29 is 8.42 Å². The van der Waals surface area contributed by atoms with Gasteiger partial charge in [0.1, 0.15) is 0 Å². The van der Waals surface area contributed by atoms with Gasteiger partial charge in [-0.1, -0.05) is 34.1 Å². The van der Waals surface area contributed by atoms with Crippen molar-refractivity contribution in [3.63, 3.8) is 0 Å². The molecule has 2 N–H and O–H groups in total. The van der Waals surface area contributed by atoms with Crippen LogP contribution in [0.4, 0.5) is 0 Å². The van der Waals surface area contributed by atoms with Gasteiger partial charge in [-0.2, -0.15) is 17.4 Å². The first-order valence-electron chi connectivity index (χ1n) is 7.58. The maximum absolute atomic E-state index is 12.7. The standard InChI is InChI=1S/C14H29N3O2S/c1-13(2)12(14(13,3)4)16-20(18,19)17-9-7-6-8-11(17)10-15-5/h11-12,15-16H,6-10H2,1-5H3. The molecule has 118 valence electrons. The lowest BCUT2D eigenvalue weighted by Gasteiger charge is -2.34. The third kappa shape index (κ3) is 2.63. The smallest absolute Gasteiger partial charge is 0.280 e. The molecule has 0 bridgehead atoms. The minimum absolute atomic E-state index is 0.0222. The van der Waals surface area contributed by atoms with E-state index in [1.807, 2.05) is 7.05 Å². The number of nitrogens with one attached hydrogen (secondary N) is 2. The molecule has 1 saturated heterocycles. The summed E-state index contributed by atoms with van der Waals surface area (Å²) in [7, 11) is -1.52. The highest BCUT2D eigenvalue weighted by molar-refractivity contribution is 7.87. The average molecular weight is 303 g/mol. The Bertz CT molecular complexity index is 443.